The van der Waals surface area contributed by atoms with Crippen LogP contribution in [0.2, 0.25) is 0 Å². The molecule has 166 valence electrons. The fraction of sp³-hybridized carbons (Fsp3) is 0.391. The summed E-state index contributed by atoms with van der Waals surface area (Å²) in [5.41, 5.74) is 1.98. The van der Waals surface area contributed by atoms with E-state index in [1.54, 1.807) is 56.0 Å². The maximum Gasteiger partial charge on any atom is 0.197 e. The summed E-state index contributed by atoms with van der Waals surface area (Å²) in [7, 11) is 3.19. The van der Waals surface area contributed by atoms with Crippen molar-refractivity contribution in [3.05, 3.63) is 65.7 Å². The van der Waals surface area contributed by atoms with E-state index in [1.807, 2.05) is 0 Å². The zero-order valence-electron chi connectivity index (χ0n) is 17.8. The smallest absolute Gasteiger partial charge is 0.197 e. The molecule has 1 saturated heterocycles. The Kier molecular flexibility index (Phi) is 5.52. The number of hydrogen-bond donors (Lipinski definition) is 0. The summed E-state index contributed by atoms with van der Waals surface area (Å²) in [5, 5.41) is 0. The van der Waals surface area contributed by atoms with Crippen LogP contribution in [0.25, 0.3) is 11.6 Å². The van der Waals surface area contributed by atoms with Gasteiger partial charge in [0.2, 0.25) is 0 Å². The molecule has 1 aliphatic carbocycles. The summed E-state index contributed by atoms with van der Waals surface area (Å²) in [6.45, 7) is 0.888. The van der Waals surface area contributed by atoms with Crippen molar-refractivity contribution in [1.29, 1.82) is 0 Å². The van der Waals surface area contributed by atoms with Gasteiger partial charge in [-0.25, -0.2) is 28.7 Å². The van der Waals surface area contributed by atoms with Crippen molar-refractivity contribution in [2.75, 3.05) is 32.2 Å². The van der Waals surface area contributed by atoms with Crippen molar-refractivity contribution in [1.82, 2.24) is 19.9 Å². The Balaban J connectivity index is 1.35. The zero-order chi connectivity index (χ0) is 22.2. The first-order chi connectivity index (χ1) is 15.6. The number of hydrogen-bond acceptors (Lipinski definition) is 7. The summed E-state index contributed by atoms with van der Waals surface area (Å²) >= 11 is 0. The number of methoxy groups -OCH3 is 2. The minimum absolute atomic E-state index is 0.0883. The summed E-state index contributed by atoms with van der Waals surface area (Å²) in [6, 6.07) is 4.78. The van der Waals surface area contributed by atoms with Gasteiger partial charge in [-0.1, -0.05) is 0 Å². The summed E-state index contributed by atoms with van der Waals surface area (Å²) in [6.07, 6.45) is 7.25. The maximum absolute atomic E-state index is 14.7. The Morgan fingerprint density at radius 2 is 1.44 bits per heavy atom. The molecule has 3 heterocycles. The van der Waals surface area contributed by atoms with E-state index in [0.717, 1.165) is 17.5 Å². The lowest BCUT2D eigenvalue weighted by Gasteiger charge is -2.20. The predicted octanol–water partition coefficient (Wildman–Crippen LogP) is 3.33. The molecule has 3 aromatic rings. The quantitative estimate of drug-likeness (QED) is 0.583. The number of benzene rings is 1. The van der Waals surface area contributed by atoms with Crippen molar-refractivity contribution in [2.45, 2.75) is 30.5 Å². The molecule has 0 unspecified atom stereocenters. The molecule has 0 amide bonds. The number of nitrogens with zero attached hydrogens (tertiary/aromatic N) is 5. The highest BCUT2D eigenvalue weighted by molar-refractivity contribution is 5.54. The number of rotatable bonds is 6. The van der Waals surface area contributed by atoms with Crippen molar-refractivity contribution in [2.24, 2.45) is 0 Å². The first kappa shape index (κ1) is 20.8. The lowest BCUT2D eigenvalue weighted by atomic mass is 10.0. The summed E-state index contributed by atoms with van der Waals surface area (Å²) < 4.78 is 40.1. The van der Waals surface area contributed by atoms with Crippen molar-refractivity contribution >= 4 is 5.69 Å². The molecule has 5 rings (SSSR count). The molecule has 7 nitrogen and oxygen atoms in total. The van der Waals surface area contributed by atoms with Crippen LogP contribution in [0.5, 0.6) is 0 Å². The lowest BCUT2D eigenvalue weighted by molar-refractivity contribution is -0.00461. The Bertz CT molecular complexity index is 1090. The minimum atomic E-state index is -0.842. The standard InChI is InChI=1S/C23H23F2N5O2/c1-31-19-11-30(12-20(19)32-2)18-7-13(6-17(24)21(18)25)15-8-16(15)14-9-28-23(29-10-14)22-26-4-3-5-27-22/h3-7,9-10,15-16,19-20H,8,11-12H2,1-2H3/t15-,16-,19-,20+/m0/s1. The van der Waals surface area contributed by atoms with Crippen LogP contribution < -0.4 is 4.90 Å². The molecule has 2 aromatic heterocycles. The number of ether oxygens (including phenoxy) is 2. The molecular weight excluding hydrogens is 416 g/mol. The first-order valence-electron chi connectivity index (χ1n) is 10.5. The van der Waals surface area contributed by atoms with E-state index in [1.165, 1.54) is 6.07 Å². The van der Waals surface area contributed by atoms with Crippen LogP contribution in [0.4, 0.5) is 14.5 Å². The van der Waals surface area contributed by atoms with E-state index in [0.29, 0.717) is 24.7 Å². The Hall–Kier alpha value is -3.04. The van der Waals surface area contributed by atoms with Gasteiger partial charge in [-0.15, -0.1) is 0 Å². The van der Waals surface area contributed by atoms with Gasteiger partial charge in [0.15, 0.2) is 23.3 Å². The second-order valence-corrected chi connectivity index (χ2v) is 8.15. The van der Waals surface area contributed by atoms with Crippen LogP contribution >= 0.6 is 0 Å². The van der Waals surface area contributed by atoms with Gasteiger partial charge in [0.05, 0.1) is 5.69 Å². The van der Waals surface area contributed by atoms with Crippen LogP contribution in [0.3, 0.4) is 0 Å². The lowest BCUT2D eigenvalue weighted by Crippen LogP contribution is -2.27. The highest BCUT2D eigenvalue weighted by Crippen LogP contribution is 2.55. The van der Waals surface area contributed by atoms with E-state index in [2.05, 4.69) is 19.9 Å². The van der Waals surface area contributed by atoms with E-state index in [4.69, 9.17) is 9.47 Å². The fourth-order valence-electron chi connectivity index (χ4n) is 4.42. The average molecular weight is 439 g/mol. The second kappa shape index (κ2) is 8.48. The molecule has 0 spiro atoms. The predicted molar refractivity (Wildman–Crippen MR) is 113 cm³/mol. The van der Waals surface area contributed by atoms with Gasteiger partial charge < -0.3 is 14.4 Å². The highest BCUT2D eigenvalue weighted by Gasteiger charge is 2.42. The Morgan fingerprint density at radius 1 is 0.844 bits per heavy atom. The molecule has 0 N–H and O–H groups in total. The van der Waals surface area contributed by atoms with E-state index in [-0.39, 0.29) is 29.7 Å². The molecular formula is C23H23F2N5O2. The molecule has 1 saturated carbocycles. The fourth-order valence-corrected chi connectivity index (χ4v) is 4.42. The topological polar surface area (TPSA) is 73.3 Å². The minimum Gasteiger partial charge on any atom is -0.377 e. The highest BCUT2D eigenvalue weighted by atomic mass is 19.2. The van der Waals surface area contributed by atoms with E-state index < -0.39 is 11.6 Å². The van der Waals surface area contributed by atoms with Crippen LogP contribution in [0.1, 0.15) is 29.4 Å². The zero-order valence-corrected chi connectivity index (χ0v) is 17.8. The molecule has 2 aliphatic rings. The molecule has 1 aliphatic heterocycles. The molecule has 4 atom stereocenters. The maximum atomic E-state index is 14.7. The third-order valence-corrected chi connectivity index (χ3v) is 6.28. The second-order valence-electron chi connectivity index (χ2n) is 8.15. The van der Waals surface area contributed by atoms with Crippen LogP contribution in [-0.2, 0) is 9.47 Å². The number of anilines is 1. The summed E-state index contributed by atoms with van der Waals surface area (Å²) in [4.78, 5) is 18.9. The summed E-state index contributed by atoms with van der Waals surface area (Å²) in [5.74, 6) is -0.512. The SMILES string of the molecule is CO[C@H]1CN(c2cc([C@@H]3C[C@H]3c3cnc(-c4ncccn4)nc3)cc(F)c2F)C[C@H]1OC. The van der Waals surface area contributed by atoms with Gasteiger partial charge in [-0.2, -0.15) is 0 Å². The average Bonchev–Trinajstić information content (AvgIpc) is 3.53. The molecule has 0 radical (unpaired) electrons. The van der Waals surface area contributed by atoms with E-state index >= 15 is 0 Å². The number of aromatic nitrogens is 4. The van der Waals surface area contributed by atoms with Gasteiger partial charge in [0.25, 0.3) is 0 Å². The van der Waals surface area contributed by atoms with Crippen LogP contribution in [0, 0.1) is 11.6 Å². The monoisotopic (exact) mass is 439 g/mol. The third-order valence-electron chi connectivity index (χ3n) is 6.28. The number of halogens is 2. The normalized spacial score (nSPS) is 24.7. The van der Waals surface area contributed by atoms with Crippen LogP contribution in [0.15, 0.2) is 43.0 Å². The molecule has 1 aromatic carbocycles. The first-order valence-corrected chi connectivity index (χ1v) is 10.5. The van der Waals surface area contributed by atoms with Crippen molar-refractivity contribution in [3.8, 4) is 11.6 Å². The van der Waals surface area contributed by atoms with Gasteiger partial charge in [0.1, 0.15) is 12.2 Å². The largest absolute Gasteiger partial charge is 0.377 e. The Labute approximate surface area is 184 Å². The van der Waals surface area contributed by atoms with Crippen molar-refractivity contribution < 1.29 is 18.3 Å². The van der Waals surface area contributed by atoms with Crippen LogP contribution in [-0.4, -0.2) is 59.5 Å². The third kappa shape index (κ3) is 3.82. The molecule has 0 bridgehead atoms. The van der Waals surface area contributed by atoms with Gasteiger partial charge >= 0.3 is 0 Å². The van der Waals surface area contributed by atoms with Gasteiger partial charge in [-0.3, -0.25) is 0 Å². The van der Waals surface area contributed by atoms with Gasteiger partial charge in [-0.05, 0) is 47.6 Å². The Morgan fingerprint density at radius 3 is 2.06 bits per heavy atom. The van der Waals surface area contributed by atoms with E-state index in [9.17, 15) is 8.78 Å². The van der Waals surface area contributed by atoms with Gasteiger partial charge in [0, 0.05) is 52.1 Å². The van der Waals surface area contributed by atoms with Crippen molar-refractivity contribution in [3.63, 3.8) is 0 Å². The molecule has 9 heteroatoms. The molecule has 2 fully saturated rings. The molecule has 32 heavy (non-hydrogen) atoms.